The van der Waals surface area contributed by atoms with Gasteiger partial charge in [0.05, 0.1) is 4.90 Å². The summed E-state index contributed by atoms with van der Waals surface area (Å²) in [5.41, 5.74) is 0.530. The van der Waals surface area contributed by atoms with Crippen molar-refractivity contribution in [2.24, 2.45) is 0 Å². The van der Waals surface area contributed by atoms with Crippen molar-refractivity contribution < 1.29 is 13.2 Å². The topological polar surface area (TPSA) is 101 Å². The fourth-order valence-corrected chi connectivity index (χ4v) is 2.97. The third-order valence-corrected chi connectivity index (χ3v) is 4.13. The van der Waals surface area contributed by atoms with Crippen LogP contribution in [0.2, 0.25) is 0 Å². The second kappa shape index (κ2) is 5.33. The second-order valence-corrected chi connectivity index (χ2v) is 6.02. The molecule has 19 heavy (non-hydrogen) atoms. The summed E-state index contributed by atoms with van der Waals surface area (Å²) in [6, 6.07) is 5.81. The molecule has 0 aliphatic carbocycles. The normalized spacial score (nSPS) is 11.0. The van der Waals surface area contributed by atoms with E-state index in [4.69, 9.17) is 0 Å². The molecule has 2 aromatic rings. The molecule has 1 heterocycles. The Bertz CT molecular complexity index is 665. The first-order valence-corrected chi connectivity index (χ1v) is 7.40. The van der Waals surface area contributed by atoms with Gasteiger partial charge in [0.15, 0.2) is 0 Å². The van der Waals surface area contributed by atoms with Gasteiger partial charge >= 0.3 is 0 Å². The van der Waals surface area contributed by atoms with Crippen LogP contribution >= 0.6 is 11.5 Å². The van der Waals surface area contributed by atoms with Crippen molar-refractivity contribution in [2.75, 3.05) is 10.0 Å². The van der Waals surface area contributed by atoms with Crippen LogP contribution < -0.4 is 10.0 Å². The molecule has 7 nitrogen and oxygen atoms in total. The van der Waals surface area contributed by atoms with Crippen molar-refractivity contribution in [3.8, 4) is 0 Å². The van der Waals surface area contributed by atoms with Crippen LogP contribution in [-0.2, 0) is 14.8 Å². The molecule has 0 spiro atoms. The van der Waals surface area contributed by atoms with E-state index in [2.05, 4.69) is 19.4 Å². The number of hydrogen-bond donors (Lipinski definition) is 2. The zero-order valence-electron chi connectivity index (χ0n) is 9.82. The van der Waals surface area contributed by atoms with E-state index in [0.29, 0.717) is 5.69 Å². The van der Waals surface area contributed by atoms with Crippen molar-refractivity contribution in [3.63, 3.8) is 0 Å². The van der Waals surface area contributed by atoms with Gasteiger partial charge in [-0.05, 0) is 24.3 Å². The Morgan fingerprint density at radius 1 is 1.26 bits per heavy atom. The molecule has 1 amide bonds. The highest BCUT2D eigenvalue weighted by Gasteiger charge is 2.15. The maximum atomic E-state index is 12.0. The predicted octanol–water partition coefficient (Wildman–Crippen LogP) is 1.30. The Kier molecular flexibility index (Phi) is 3.76. The van der Waals surface area contributed by atoms with E-state index in [1.54, 1.807) is 0 Å². The van der Waals surface area contributed by atoms with Crippen LogP contribution in [-0.4, -0.2) is 23.7 Å². The first-order valence-electron chi connectivity index (χ1n) is 5.14. The molecule has 0 saturated heterocycles. The lowest BCUT2D eigenvalue weighted by Gasteiger charge is -2.06. The number of carbonyl (C=O) groups excluding carboxylic acids is 1. The van der Waals surface area contributed by atoms with Gasteiger partial charge in [-0.3, -0.25) is 9.52 Å². The van der Waals surface area contributed by atoms with Crippen LogP contribution in [0.4, 0.5) is 10.8 Å². The highest BCUT2D eigenvalue weighted by molar-refractivity contribution is 7.93. The van der Waals surface area contributed by atoms with Gasteiger partial charge < -0.3 is 5.32 Å². The highest BCUT2D eigenvalue weighted by Crippen LogP contribution is 2.18. The van der Waals surface area contributed by atoms with Crippen molar-refractivity contribution in [3.05, 3.63) is 30.6 Å². The minimum Gasteiger partial charge on any atom is -0.326 e. The molecule has 0 fully saturated rings. The molecule has 2 rings (SSSR count). The van der Waals surface area contributed by atoms with Gasteiger partial charge in [0.25, 0.3) is 10.0 Å². The molecule has 1 aromatic heterocycles. The third kappa shape index (κ3) is 3.48. The third-order valence-electron chi connectivity index (χ3n) is 2.07. The number of amides is 1. The number of anilines is 2. The molecule has 9 heteroatoms. The summed E-state index contributed by atoms with van der Waals surface area (Å²) in [6.07, 6.45) is 1.27. The molecular weight excluding hydrogens is 288 g/mol. The summed E-state index contributed by atoms with van der Waals surface area (Å²) in [4.78, 5) is 14.7. The molecule has 2 N–H and O–H groups in total. The van der Waals surface area contributed by atoms with Crippen molar-refractivity contribution in [2.45, 2.75) is 11.8 Å². The van der Waals surface area contributed by atoms with Crippen LogP contribution in [0.25, 0.3) is 0 Å². The van der Waals surface area contributed by atoms with Crippen molar-refractivity contribution in [1.29, 1.82) is 0 Å². The van der Waals surface area contributed by atoms with Gasteiger partial charge in [0.2, 0.25) is 11.0 Å². The quantitative estimate of drug-likeness (QED) is 0.886. The Balaban J connectivity index is 2.19. The van der Waals surface area contributed by atoms with Crippen LogP contribution in [0.1, 0.15) is 6.92 Å². The number of hydrogen-bond acceptors (Lipinski definition) is 6. The smallest absolute Gasteiger partial charge is 0.263 e. The van der Waals surface area contributed by atoms with E-state index in [9.17, 15) is 13.2 Å². The Labute approximate surface area is 113 Å². The number of nitrogens with zero attached hydrogens (tertiary/aromatic N) is 2. The summed E-state index contributed by atoms with van der Waals surface area (Å²) < 4.78 is 30.0. The van der Waals surface area contributed by atoms with Crippen LogP contribution in [0, 0.1) is 0 Å². The van der Waals surface area contributed by atoms with Gasteiger partial charge in [-0.25, -0.2) is 13.4 Å². The Morgan fingerprint density at radius 3 is 2.47 bits per heavy atom. The molecule has 0 radical (unpaired) electrons. The predicted molar refractivity (Wildman–Crippen MR) is 71.5 cm³/mol. The fourth-order valence-electron chi connectivity index (χ4n) is 1.31. The van der Waals surface area contributed by atoms with Crippen molar-refractivity contribution in [1.82, 2.24) is 9.36 Å². The second-order valence-electron chi connectivity index (χ2n) is 3.56. The summed E-state index contributed by atoms with van der Waals surface area (Å²) >= 11 is 0.948. The zero-order chi connectivity index (χ0) is 13.9. The van der Waals surface area contributed by atoms with Crippen LogP contribution in [0.15, 0.2) is 35.5 Å². The molecule has 1 aromatic carbocycles. The lowest BCUT2D eigenvalue weighted by atomic mass is 10.3. The maximum absolute atomic E-state index is 12.0. The fraction of sp³-hybridized carbons (Fsp3) is 0.100. The van der Waals surface area contributed by atoms with Crippen molar-refractivity contribution >= 4 is 38.3 Å². The summed E-state index contributed by atoms with van der Waals surface area (Å²) in [6.45, 7) is 1.38. The average molecular weight is 298 g/mol. The molecule has 0 unspecified atom stereocenters. The van der Waals surface area contributed by atoms with Crippen LogP contribution in [0.3, 0.4) is 0 Å². The molecule has 0 bridgehead atoms. The molecule has 0 saturated carbocycles. The average Bonchev–Trinajstić information content (AvgIpc) is 2.81. The summed E-state index contributed by atoms with van der Waals surface area (Å²) in [5.74, 6) is -0.220. The van der Waals surface area contributed by atoms with E-state index in [1.165, 1.54) is 37.5 Å². The minimum absolute atomic E-state index is 0.0804. The Morgan fingerprint density at radius 2 is 1.95 bits per heavy atom. The number of sulfonamides is 1. The number of aromatic nitrogens is 2. The largest absolute Gasteiger partial charge is 0.326 e. The first-order chi connectivity index (χ1) is 8.97. The summed E-state index contributed by atoms with van der Waals surface area (Å²) in [7, 11) is -3.68. The van der Waals surface area contributed by atoms with E-state index in [1.807, 2.05) is 0 Å². The van der Waals surface area contributed by atoms with Gasteiger partial charge in [-0.2, -0.15) is 4.37 Å². The Hall–Kier alpha value is -2.00. The van der Waals surface area contributed by atoms with E-state index < -0.39 is 10.0 Å². The highest BCUT2D eigenvalue weighted by atomic mass is 32.2. The molecular formula is C10H10N4O3S2. The van der Waals surface area contributed by atoms with Crippen LogP contribution in [0.5, 0.6) is 0 Å². The molecule has 0 atom stereocenters. The lowest BCUT2D eigenvalue weighted by molar-refractivity contribution is -0.114. The van der Waals surface area contributed by atoms with Gasteiger partial charge in [0, 0.05) is 24.1 Å². The first kappa shape index (κ1) is 13.4. The number of rotatable bonds is 4. The van der Waals surface area contributed by atoms with E-state index in [0.717, 1.165) is 11.5 Å². The maximum Gasteiger partial charge on any atom is 0.263 e. The van der Waals surface area contributed by atoms with Gasteiger partial charge in [-0.15, -0.1) is 0 Å². The van der Waals surface area contributed by atoms with E-state index in [-0.39, 0.29) is 15.9 Å². The van der Waals surface area contributed by atoms with Gasteiger partial charge in [0.1, 0.15) is 6.33 Å². The number of carbonyl (C=O) groups is 1. The number of benzene rings is 1. The monoisotopic (exact) mass is 298 g/mol. The number of nitrogens with one attached hydrogen (secondary N) is 2. The zero-order valence-corrected chi connectivity index (χ0v) is 11.5. The van der Waals surface area contributed by atoms with E-state index >= 15 is 0 Å². The standard InChI is InChI=1S/C10H10N4O3S2/c1-7(15)13-8-2-4-9(5-3-8)19(16,17)14-10-11-6-12-18-10/h2-6H,1H3,(H,13,15)(H,11,12,14). The van der Waals surface area contributed by atoms with Gasteiger partial charge in [-0.1, -0.05) is 0 Å². The SMILES string of the molecule is CC(=O)Nc1ccc(S(=O)(=O)Nc2ncns2)cc1. The summed E-state index contributed by atoms with van der Waals surface area (Å²) in [5, 5.41) is 2.75. The molecule has 0 aliphatic rings. The lowest BCUT2D eigenvalue weighted by Crippen LogP contribution is -2.13. The minimum atomic E-state index is -3.68. The molecule has 100 valence electrons. The molecule has 0 aliphatic heterocycles.